The number of rotatable bonds is 7. The highest BCUT2D eigenvalue weighted by molar-refractivity contribution is 5.87. The summed E-state index contributed by atoms with van der Waals surface area (Å²) in [5.74, 6) is 0.120. The molecule has 0 aliphatic carbocycles. The summed E-state index contributed by atoms with van der Waals surface area (Å²) in [7, 11) is 1.14. The molecule has 0 saturated carbocycles. The molecule has 2 aromatic carbocycles. The van der Waals surface area contributed by atoms with Gasteiger partial charge in [0, 0.05) is 18.8 Å². The Kier molecular flexibility index (Phi) is 6.45. The predicted octanol–water partition coefficient (Wildman–Crippen LogP) is 4.01. The molecule has 0 atom stereocenters. The van der Waals surface area contributed by atoms with Gasteiger partial charge in [-0.25, -0.2) is 9.48 Å². The molecule has 0 fully saturated rings. The van der Waals surface area contributed by atoms with E-state index in [1.165, 1.54) is 4.68 Å². The molecule has 5 rings (SSSR count). The number of benzene rings is 2. The third kappa shape index (κ3) is 5.01. The SMILES string of the molecule is Cn1c(=O)c2c(NNc3ccccc3)n(Cc3ccc(-c4ccccn4)cc3)nc2n(CC(F)(F)F)c1=O. The quantitative estimate of drug-likeness (QED) is 0.314. The summed E-state index contributed by atoms with van der Waals surface area (Å²) in [6, 6.07) is 21.9. The number of hydrogen-bond acceptors (Lipinski definition) is 6. The largest absolute Gasteiger partial charge is 0.406 e. The Hall–Kier alpha value is -4.87. The minimum absolute atomic E-state index is 0.110. The van der Waals surface area contributed by atoms with Crippen molar-refractivity contribution in [1.29, 1.82) is 0 Å². The summed E-state index contributed by atoms with van der Waals surface area (Å²) in [5.41, 5.74) is 6.72. The fraction of sp³-hybridized carbons (Fsp3) is 0.154. The van der Waals surface area contributed by atoms with Crippen molar-refractivity contribution in [3.05, 3.63) is 105 Å². The molecule has 0 aliphatic heterocycles. The van der Waals surface area contributed by atoms with Crippen LogP contribution in [0.5, 0.6) is 0 Å². The molecule has 0 radical (unpaired) electrons. The topological polar surface area (TPSA) is 98.8 Å². The summed E-state index contributed by atoms with van der Waals surface area (Å²) in [6.45, 7) is -1.48. The van der Waals surface area contributed by atoms with E-state index in [1.54, 1.807) is 30.5 Å². The number of hydrogen-bond donors (Lipinski definition) is 2. The number of nitrogens with zero attached hydrogens (tertiary/aromatic N) is 5. The van der Waals surface area contributed by atoms with Crippen LogP contribution in [0.3, 0.4) is 0 Å². The molecule has 38 heavy (non-hydrogen) atoms. The monoisotopic (exact) mass is 521 g/mol. The Morgan fingerprint density at radius 3 is 2.26 bits per heavy atom. The maximum Gasteiger partial charge on any atom is 0.406 e. The molecule has 2 N–H and O–H groups in total. The number of para-hydroxylation sites is 1. The molecule has 12 heteroatoms. The number of aromatic nitrogens is 5. The van der Waals surface area contributed by atoms with E-state index < -0.39 is 24.0 Å². The number of pyridine rings is 1. The number of anilines is 2. The molecule has 0 saturated heterocycles. The summed E-state index contributed by atoms with van der Waals surface area (Å²) in [6.07, 6.45) is -3.01. The van der Waals surface area contributed by atoms with Crippen LogP contribution in [0.1, 0.15) is 5.56 Å². The van der Waals surface area contributed by atoms with E-state index in [-0.39, 0.29) is 23.4 Å². The molecule has 0 aliphatic rings. The van der Waals surface area contributed by atoms with Crippen LogP contribution >= 0.6 is 0 Å². The molecule has 3 aromatic heterocycles. The van der Waals surface area contributed by atoms with Gasteiger partial charge in [0.1, 0.15) is 11.9 Å². The lowest BCUT2D eigenvalue weighted by molar-refractivity contribution is -0.140. The van der Waals surface area contributed by atoms with E-state index in [4.69, 9.17) is 0 Å². The highest BCUT2D eigenvalue weighted by atomic mass is 19.4. The Labute approximate surface area is 213 Å². The van der Waals surface area contributed by atoms with Crippen LogP contribution in [0.2, 0.25) is 0 Å². The van der Waals surface area contributed by atoms with Gasteiger partial charge in [-0.2, -0.15) is 18.3 Å². The Morgan fingerprint density at radius 1 is 0.895 bits per heavy atom. The molecular formula is C26H22F3N7O2. The zero-order chi connectivity index (χ0) is 26.9. The fourth-order valence-electron chi connectivity index (χ4n) is 4.06. The van der Waals surface area contributed by atoms with Crippen molar-refractivity contribution in [1.82, 2.24) is 23.9 Å². The van der Waals surface area contributed by atoms with Crippen molar-refractivity contribution in [2.75, 3.05) is 10.9 Å². The number of nitrogens with one attached hydrogen (secondary N) is 2. The molecule has 5 aromatic rings. The van der Waals surface area contributed by atoms with Crippen LogP contribution in [0, 0.1) is 0 Å². The van der Waals surface area contributed by atoms with Gasteiger partial charge in [0.25, 0.3) is 5.56 Å². The van der Waals surface area contributed by atoms with E-state index in [1.807, 2.05) is 48.5 Å². The standard InChI is InChI=1S/C26H22F3N7O2/c1-34-24(37)21-22(32-31-19-7-3-2-4-8-19)36(33-23(21)35(25(34)38)16-26(27,28)29)15-17-10-12-18(13-11-17)20-9-5-6-14-30-20/h2-14,31-32H,15-16H2,1H3. The average molecular weight is 522 g/mol. The van der Waals surface area contributed by atoms with E-state index in [0.717, 1.165) is 23.9 Å². The third-order valence-corrected chi connectivity index (χ3v) is 5.91. The zero-order valence-corrected chi connectivity index (χ0v) is 20.1. The van der Waals surface area contributed by atoms with Gasteiger partial charge in [0.15, 0.2) is 11.5 Å². The van der Waals surface area contributed by atoms with Gasteiger partial charge in [-0.15, -0.1) is 0 Å². The Bertz CT molecular complexity index is 1690. The second-order valence-corrected chi connectivity index (χ2v) is 8.58. The van der Waals surface area contributed by atoms with Gasteiger partial charge < -0.3 is 0 Å². The van der Waals surface area contributed by atoms with Crippen molar-refractivity contribution in [3.63, 3.8) is 0 Å². The lowest BCUT2D eigenvalue weighted by Crippen LogP contribution is -2.40. The third-order valence-electron chi connectivity index (χ3n) is 5.91. The first-order valence-corrected chi connectivity index (χ1v) is 11.6. The minimum atomic E-state index is -4.70. The Balaban J connectivity index is 1.61. The van der Waals surface area contributed by atoms with Gasteiger partial charge in [0.05, 0.1) is 17.9 Å². The van der Waals surface area contributed by atoms with Crippen molar-refractivity contribution in [2.24, 2.45) is 7.05 Å². The second kappa shape index (κ2) is 9.88. The zero-order valence-electron chi connectivity index (χ0n) is 20.1. The second-order valence-electron chi connectivity index (χ2n) is 8.58. The first-order chi connectivity index (χ1) is 18.2. The number of fused-ring (bicyclic) bond motifs is 1. The maximum absolute atomic E-state index is 13.4. The summed E-state index contributed by atoms with van der Waals surface area (Å²) < 4.78 is 42.6. The summed E-state index contributed by atoms with van der Waals surface area (Å²) in [4.78, 5) is 30.1. The van der Waals surface area contributed by atoms with Gasteiger partial charge in [0.2, 0.25) is 0 Å². The van der Waals surface area contributed by atoms with Crippen molar-refractivity contribution in [2.45, 2.75) is 19.3 Å². The number of halogens is 3. The van der Waals surface area contributed by atoms with Gasteiger partial charge in [-0.05, 0) is 29.8 Å². The summed E-state index contributed by atoms with van der Waals surface area (Å²) in [5, 5.41) is 4.15. The molecule has 0 bridgehead atoms. The molecule has 3 heterocycles. The van der Waals surface area contributed by atoms with Crippen molar-refractivity contribution >= 4 is 22.5 Å². The van der Waals surface area contributed by atoms with Crippen LogP contribution < -0.4 is 22.1 Å². The first-order valence-electron chi connectivity index (χ1n) is 11.6. The van der Waals surface area contributed by atoms with Gasteiger partial charge >= 0.3 is 11.9 Å². The van der Waals surface area contributed by atoms with Gasteiger partial charge in [-0.1, -0.05) is 48.5 Å². The maximum atomic E-state index is 13.4. The number of hydrazine groups is 1. The average Bonchev–Trinajstić information content (AvgIpc) is 3.27. The molecule has 194 valence electrons. The smallest absolute Gasteiger partial charge is 0.300 e. The molecule has 9 nitrogen and oxygen atoms in total. The Morgan fingerprint density at radius 2 is 1.61 bits per heavy atom. The van der Waals surface area contributed by atoms with Crippen LogP contribution in [0.15, 0.2) is 88.6 Å². The van der Waals surface area contributed by atoms with E-state index in [9.17, 15) is 22.8 Å². The lowest BCUT2D eigenvalue weighted by atomic mass is 10.1. The minimum Gasteiger partial charge on any atom is -0.300 e. The van der Waals surface area contributed by atoms with E-state index >= 15 is 0 Å². The molecule has 0 spiro atoms. The first kappa shape index (κ1) is 24.8. The highest BCUT2D eigenvalue weighted by Crippen LogP contribution is 2.25. The van der Waals surface area contributed by atoms with Crippen LogP contribution in [0.25, 0.3) is 22.3 Å². The predicted molar refractivity (Wildman–Crippen MR) is 138 cm³/mol. The highest BCUT2D eigenvalue weighted by Gasteiger charge is 2.32. The molecular weight excluding hydrogens is 499 g/mol. The normalized spacial score (nSPS) is 11.6. The van der Waals surface area contributed by atoms with Crippen molar-refractivity contribution < 1.29 is 13.2 Å². The van der Waals surface area contributed by atoms with Crippen LogP contribution in [-0.4, -0.2) is 30.1 Å². The van der Waals surface area contributed by atoms with Gasteiger partial charge in [-0.3, -0.25) is 29.8 Å². The molecule has 0 amide bonds. The van der Waals surface area contributed by atoms with E-state index in [0.29, 0.717) is 14.8 Å². The van der Waals surface area contributed by atoms with Crippen LogP contribution in [0.4, 0.5) is 24.7 Å². The fourth-order valence-corrected chi connectivity index (χ4v) is 4.06. The van der Waals surface area contributed by atoms with E-state index in [2.05, 4.69) is 20.9 Å². The summed E-state index contributed by atoms with van der Waals surface area (Å²) >= 11 is 0. The number of alkyl halides is 3. The molecule has 0 unspecified atom stereocenters. The van der Waals surface area contributed by atoms with Crippen LogP contribution in [-0.2, 0) is 20.1 Å². The van der Waals surface area contributed by atoms with Crippen molar-refractivity contribution in [3.8, 4) is 11.3 Å². The lowest BCUT2D eigenvalue weighted by Gasteiger charge is -2.13.